The molecule has 30 heavy (non-hydrogen) atoms. The summed E-state index contributed by atoms with van der Waals surface area (Å²) in [5.74, 6) is -0.373. The number of rotatable bonds is 10. The Hall–Kier alpha value is -2.36. The van der Waals surface area contributed by atoms with Gasteiger partial charge in [-0.05, 0) is 47.9 Å². The van der Waals surface area contributed by atoms with E-state index < -0.39 is 28.3 Å². The van der Waals surface area contributed by atoms with Gasteiger partial charge in [0.25, 0.3) is 10.0 Å². The molecule has 0 unspecified atom stereocenters. The number of hydrogen-bond donors (Lipinski definition) is 1. The smallest absolute Gasteiger partial charge is 0.274 e. The van der Waals surface area contributed by atoms with Gasteiger partial charge in [-0.15, -0.1) is 23.1 Å². The van der Waals surface area contributed by atoms with Crippen LogP contribution in [0.4, 0.5) is 10.1 Å². The number of halogens is 1. The Balaban J connectivity index is 1.62. The van der Waals surface area contributed by atoms with Crippen molar-refractivity contribution in [2.45, 2.75) is 15.5 Å². The normalized spacial score (nSPS) is 11.2. The number of carbonyl (C=O) groups excluding carboxylic acids is 1. The molecule has 0 fully saturated rings. The summed E-state index contributed by atoms with van der Waals surface area (Å²) in [6, 6.07) is 18.5. The molecule has 1 aromatic heterocycles. The summed E-state index contributed by atoms with van der Waals surface area (Å²) >= 11 is 2.70. The lowest BCUT2D eigenvalue weighted by molar-refractivity contribution is -0.119. The van der Waals surface area contributed by atoms with Gasteiger partial charge in [0.2, 0.25) is 5.91 Å². The standard InChI is InChI=1S/C21H21FN2O3S3/c22-18-10-4-5-11-19(18)24(30(26,27)21-12-6-14-29-21)16-20(25)23-13-7-15-28-17-8-2-1-3-9-17/h1-6,8-12,14H,7,13,15-16H2,(H,23,25). The number of thiophene rings is 1. The molecule has 0 spiro atoms. The van der Waals surface area contributed by atoms with Gasteiger partial charge in [-0.1, -0.05) is 36.4 Å². The molecule has 1 heterocycles. The van der Waals surface area contributed by atoms with Crippen LogP contribution in [0, 0.1) is 5.82 Å². The van der Waals surface area contributed by atoms with Crippen molar-refractivity contribution in [3.8, 4) is 0 Å². The molecular weight excluding hydrogens is 443 g/mol. The van der Waals surface area contributed by atoms with Crippen LogP contribution in [0.1, 0.15) is 6.42 Å². The predicted molar refractivity (Wildman–Crippen MR) is 120 cm³/mol. The van der Waals surface area contributed by atoms with Crippen LogP contribution in [0.25, 0.3) is 0 Å². The number of nitrogens with zero attached hydrogens (tertiary/aromatic N) is 1. The summed E-state index contributed by atoms with van der Waals surface area (Å²) in [5.41, 5.74) is -0.152. The van der Waals surface area contributed by atoms with Crippen molar-refractivity contribution >= 4 is 44.7 Å². The maximum absolute atomic E-state index is 14.3. The minimum atomic E-state index is -4.05. The molecule has 0 aliphatic heterocycles. The quantitative estimate of drug-likeness (QED) is 0.357. The Labute approximate surface area is 184 Å². The Morgan fingerprint density at radius 3 is 2.47 bits per heavy atom. The number of sulfonamides is 1. The molecule has 2 aromatic carbocycles. The third-order valence-electron chi connectivity index (χ3n) is 4.10. The SMILES string of the molecule is O=C(CN(c1ccccc1F)S(=O)(=O)c1cccs1)NCCCSc1ccccc1. The van der Waals surface area contributed by atoms with E-state index in [9.17, 15) is 17.6 Å². The van der Waals surface area contributed by atoms with Crippen molar-refractivity contribution in [2.75, 3.05) is 23.1 Å². The van der Waals surface area contributed by atoms with Gasteiger partial charge in [-0.25, -0.2) is 12.8 Å². The highest BCUT2D eigenvalue weighted by Crippen LogP contribution is 2.28. The van der Waals surface area contributed by atoms with Crippen molar-refractivity contribution in [3.05, 3.63) is 77.9 Å². The third-order valence-corrected chi connectivity index (χ3v) is 8.33. The summed E-state index contributed by atoms with van der Waals surface area (Å²) in [5, 5.41) is 4.35. The molecule has 5 nitrogen and oxygen atoms in total. The first kappa shape index (κ1) is 22.3. The van der Waals surface area contributed by atoms with Crippen LogP contribution < -0.4 is 9.62 Å². The van der Waals surface area contributed by atoms with Gasteiger partial charge >= 0.3 is 0 Å². The Bertz CT molecular complexity index is 1060. The zero-order chi connectivity index (χ0) is 21.4. The number of benzene rings is 2. The van der Waals surface area contributed by atoms with Crippen molar-refractivity contribution in [3.63, 3.8) is 0 Å². The monoisotopic (exact) mass is 464 g/mol. The fourth-order valence-electron chi connectivity index (χ4n) is 2.67. The molecule has 1 amide bonds. The van der Waals surface area contributed by atoms with Crippen LogP contribution in [0.3, 0.4) is 0 Å². The highest BCUT2D eigenvalue weighted by atomic mass is 32.2. The summed E-state index contributed by atoms with van der Waals surface area (Å²) in [4.78, 5) is 13.6. The van der Waals surface area contributed by atoms with Crippen LogP contribution in [0.15, 0.2) is 81.2 Å². The van der Waals surface area contributed by atoms with Crippen LogP contribution in [0.2, 0.25) is 0 Å². The number of anilines is 1. The second-order valence-corrected chi connectivity index (χ2v) is 10.5. The first-order valence-electron chi connectivity index (χ1n) is 9.24. The Morgan fingerprint density at radius 1 is 1.03 bits per heavy atom. The topological polar surface area (TPSA) is 66.5 Å². The van der Waals surface area contributed by atoms with E-state index >= 15 is 0 Å². The van der Waals surface area contributed by atoms with Gasteiger partial charge in [0.05, 0.1) is 5.69 Å². The molecule has 158 valence electrons. The molecule has 0 aliphatic rings. The summed E-state index contributed by atoms with van der Waals surface area (Å²) in [7, 11) is -4.05. The molecule has 9 heteroatoms. The first-order chi connectivity index (χ1) is 14.5. The average Bonchev–Trinajstić information content (AvgIpc) is 3.29. The zero-order valence-electron chi connectivity index (χ0n) is 16.0. The Kier molecular flexibility index (Phi) is 7.89. The minimum absolute atomic E-state index is 0.0535. The lowest BCUT2D eigenvalue weighted by atomic mass is 10.3. The van der Waals surface area contributed by atoms with Crippen LogP contribution in [-0.2, 0) is 14.8 Å². The largest absolute Gasteiger partial charge is 0.354 e. The van der Waals surface area contributed by atoms with Crippen molar-refractivity contribution in [1.82, 2.24) is 5.32 Å². The molecule has 3 aromatic rings. The third kappa shape index (κ3) is 5.84. The molecule has 0 saturated carbocycles. The second-order valence-electron chi connectivity index (χ2n) is 6.26. The Morgan fingerprint density at radius 2 is 1.77 bits per heavy atom. The molecule has 0 radical (unpaired) electrons. The number of hydrogen-bond acceptors (Lipinski definition) is 5. The molecule has 0 saturated heterocycles. The number of amides is 1. The van der Waals surface area contributed by atoms with Crippen molar-refractivity contribution in [2.24, 2.45) is 0 Å². The number of para-hydroxylation sites is 1. The lowest BCUT2D eigenvalue weighted by Gasteiger charge is -2.23. The maximum Gasteiger partial charge on any atom is 0.274 e. The van der Waals surface area contributed by atoms with E-state index in [-0.39, 0.29) is 9.90 Å². The fourth-order valence-corrected chi connectivity index (χ4v) is 6.07. The molecule has 0 aliphatic carbocycles. The first-order valence-corrected chi connectivity index (χ1v) is 12.5. The number of carbonyl (C=O) groups is 1. The lowest BCUT2D eigenvalue weighted by Crippen LogP contribution is -2.41. The highest BCUT2D eigenvalue weighted by molar-refractivity contribution is 7.99. The van der Waals surface area contributed by atoms with E-state index in [1.807, 2.05) is 30.3 Å². The van der Waals surface area contributed by atoms with Gasteiger partial charge < -0.3 is 5.32 Å². The minimum Gasteiger partial charge on any atom is -0.354 e. The fraction of sp³-hybridized carbons (Fsp3) is 0.190. The molecule has 1 N–H and O–H groups in total. The summed E-state index contributed by atoms with van der Waals surface area (Å²) in [6.45, 7) is -0.0875. The van der Waals surface area contributed by atoms with Crippen molar-refractivity contribution < 1.29 is 17.6 Å². The van der Waals surface area contributed by atoms with Gasteiger partial charge in [0, 0.05) is 11.4 Å². The summed E-state index contributed by atoms with van der Waals surface area (Å²) in [6.07, 6.45) is 0.725. The molecule has 0 atom stereocenters. The number of nitrogens with one attached hydrogen (secondary N) is 1. The summed E-state index contributed by atoms with van der Waals surface area (Å²) < 4.78 is 41.2. The van der Waals surface area contributed by atoms with E-state index in [0.29, 0.717) is 6.54 Å². The van der Waals surface area contributed by atoms with Crippen molar-refractivity contribution in [1.29, 1.82) is 0 Å². The van der Waals surface area contributed by atoms with E-state index in [1.54, 1.807) is 23.2 Å². The van der Waals surface area contributed by atoms with Gasteiger partial charge in [-0.2, -0.15) is 0 Å². The predicted octanol–water partition coefficient (Wildman–Crippen LogP) is 4.38. The van der Waals surface area contributed by atoms with Crippen LogP contribution in [-0.4, -0.2) is 33.2 Å². The molecule has 3 rings (SSSR count). The number of thioether (sulfide) groups is 1. The van der Waals surface area contributed by atoms with Crippen LogP contribution >= 0.6 is 23.1 Å². The van der Waals surface area contributed by atoms with Gasteiger partial charge in [0.1, 0.15) is 16.6 Å². The van der Waals surface area contributed by atoms with Gasteiger partial charge in [0.15, 0.2) is 0 Å². The van der Waals surface area contributed by atoms with Crippen LogP contribution in [0.5, 0.6) is 0 Å². The maximum atomic E-state index is 14.3. The van der Waals surface area contributed by atoms with E-state index in [1.165, 1.54) is 30.3 Å². The van der Waals surface area contributed by atoms with E-state index in [4.69, 9.17) is 0 Å². The molecular formula is C21H21FN2O3S3. The van der Waals surface area contributed by atoms with E-state index in [0.717, 1.165) is 32.7 Å². The second kappa shape index (κ2) is 10.6. The molecule has 0 bridgehead atoms. The highest BCUT2D eigenvalue weighted by Gasteiger charge is 2.29. The van der Waals surface area contributed by atoms with Gasteiger partial charge in [-0.3, -0.25) is 9.10 Å². The zero-order valence-corrected chi connectivity index (χ0v) is 18.5. The average molecular weight is 465 g/mol. The van der Waals surface area contributed by atoms with E-state index in [2.05, 4.69) is 5.32 Å².